The summed E-state index contributed by atoms with van der Waals surface area (Å²) in [5.41, 5.74) is 0. The lowest BCUT2D eigenvalue weighted by Crippen LogP contribution is -2.16. The molecule has 0 saturated carbocycles. The minimum Gasteiger partial charge on any atom is -0.280 e. The Labute approximate surface area is 72.7 Å². The predicted octanol–water partition coefficient (Wildman–Crippen LogP) is -2.30. The fourth-order valence-electron chi connectivity index (χ4n) is 0.565. The minimum absolute atomic E-state index is 1.02. The maximum atomic E-state index is 10.6. The first kappa shape index (κ1) is 10.0. The van der Waals surface area contributed by atoms with Gasteiger partial charge in [0, 0.05) is 0 Å². The van der Waals surface area contributed by atoms with Crippen LogP contribution in [0.4, 0.5) is 0 Å². The number of H-pyrrole nitrogens is 1. The number of aromatic nitrogens is 3. The molecule has 9 nitrogen and oxygen atoms in total. The first-order valence-electron chi connectivity index (χ1n) is 2.64. The van der Waals surface area contributed by atoms with Crippen LogP contribution < -0.4 is 5.14 Å². The molecule has 0 radical (unpaired) electrons. The highest BCUT2D eigenvalue weighted by atomic mass is 32.2. The Morgan fingerprint density at radius 1 is 1.15 bits per heavy atom. The van der Waals surface area contributed by atoms with Gasteiger partial charge in [-0.2, -0.15) is 13.6 Å². The number of hydrogen-bond donors (Lipinski definition) is 3. The van der Waals surface area contributed by atoms with Gasteiger partial charge in [0.1, 0.15) is 0 Å². The number of nitrogens with one attached hydrogen (secondary N) is 1. The smallest absolute Gasteiger partial charge is 0.280 e. The van der Waals surface area contributed by atoms with E-state index in [-0.39, 0.29) is 0 Å². The normalized spacial score (nSPS) is 13.1. The summed E-state index contributed by atoms with van der Waals surface area (Å²) in [5, 5.41) is 10.0. The molecule has 1 aromatic rings. The summed E-state index contributed by atoms with van der Waals surface area (Å²) in [6, 6.07) is 0. The lowest BCUT2D eigenvalue weighted by Gasteiger charge is -1.92. The number of primary sulfonamides is 1. The molecule has 1 rings (SSSR count). The van der Waals surface area contributed by atoms with Gasteiger partial charge in [-0.3, -0.25) is 4.55 Å². The van der Waals surface area contributed by atoms with Gasteiger partial charge in [0.2, 0.25) is 10.1 Å². The largest absolute Gasteiger partial charge is 0.317 e. The fraction of sp³-hybridized carbons (Fsp3) is 0. The van der Waals surface area contributed by atoms with Gasteiger partial charge < -0.3 is 0 Å². The molecular weight excluding hydrogens is 224 g/mol. The van der Waals surface area contributed by atoms with Crippen molar-refractivity contribution >= 4 is 20.1 Å². The third-order valence-corrected chi connectivity index (χ3v) is 2.73. The first-order valence-corrected chi connectivity index (χ1v) is 5.62. The molecule has 0 spiro atoms. The van der Waals surface area contributed by atoms with Crippen LogP contribution in [-0.4, -0.2) is 36.8 Å². The summed E-state index contributed by atoms with van der Waals surface area (Å²) in [6.45, 7) is 0. The van der Waals surface area contributed by atoms with Gasteiger partial charge in [-0.05, 0) is 0 Å². The number of nitrogens with two attached hydrogens (primary N) is 1. The molecule has 0 bridgehead atoms. The van der Waals surface area contributed by atoms with Gasteiger partial charge in [0.25, 0.3) is 10.0 Å². The van der Waals surface area contributed by atoms with Crippen molar-refractivity contribution in [3.8, 4) is 0 Å². The summed E-state index contributed by atoms with van der Waals surface area (Å²) in [6.07, 6.45) is 0. The molecular formula is C2H4N4O5S2. The zero-order chi connectivity index (χ0) is 10.3. The quantitative estimate of drug-likeness (QED) is 0.480. The molecule has 0 aromatic carbocycles. The van der Waals surface area contributed by atoms with E-state index in [9.17, 15) is 16.8 Å². The van der Waals surface area contributed by atoms with Crippen molar-refractivity contribution in [2.45, 2.75) is 10.1 Å². The van der Waals surface area contributed by atoms with Crippen molar-refractivity contribution in [2.75, 3.05) is 0 Å². The summed E-state index contributed by atoms with van der Waals surface area (Å²) in [7, 11) is -9.05. The van der Waals surface area contributed by atoms with Gasteiger partial charge in [-0.15, -0.1) is 10.2 Å². The van der Waals surface area contributed by atoms with Crippen LogP contribution in [0.5, 0.6) is 0 Å². The topological polar surface area (TPSA) is 156 Å². The van der Waals surface area contributed by atoms with Gasteiger partial charge in [-0.25, -0.2) is 13.6 Å². The van der Waals surface area contributed by atoms with E-state index in [2.05, 4.69) is 15.3 Å². The third kappa shape index (κ3) is 2.00. The highest BCUT2D eigenvalue weighted by Crippen LogP contribution is 2.12. The van der Waals surface area contributed by atoms with Gasteiger partial charge in [-0.1, -0.05) is 0 Å². The summed E-state index contributed by atoms with van der Waals surface area (Å²) >= 11 is 0. The molecule has 1 aromatic heterocycles. The van der Waals surface area contributed by atoms with E-state index < -0.39 is 30.2 Å². The van der Waals surface area contributed by atoms with Crippen molar-refractivity contribution in [2.24, 2.45) is 5.14 Å². The zero-order valence-corrected chi connectivity index (χ0v) is 7.50. The third-order valence-electron chi connectivity index (χ3n) is 1.000. The molecule has 0 aliphatic heterocycles. The molecule has 0 saturated heterocycles. The minimum atomic E-state index is -4.74. The van der Waals surface area contributed by atoms with Crippen LogP contribution in [0.1, 0.15) is 0 Å². The second-order valence-electron chi connectivity index (χ2n) is 1.95. The lowest BCUT2D eigenvalue weighted by atomic mass is 10.9. The van der Waals surface area contributed by atoms with Crippen molar-refractivity contribution < 1.29 is 21.4 Å². The van der Waals surface area contributed by atoms with Crippen LogP contribution in [-0.2, 0) is 20.1 Å². The van der Waals surface area contributed by atoms with E-state index in [1.54, 1.807) is 5.21 Å². The maximum Gasteiger partial charge on any atom is 0.317 e. The second-order valence-corrected chi connectivity index (χ2v) is 4.77. The number of hydrogen-bond acceptors (Lipinski definition) is 6. The number of rotatable bonds is 2. The average molecular weight is 228 g/mol. The molecule has 0 aliphatic carbocycles. The van der Waals surface area contributed by atoms with Crippen LogP contribution in [0, 0.1) is 0 Å². The van der Waals surface area contributed by atoms with Crippen LogP contribution in [0.25, 0.3) is 0 Å². The van der Waals surface area contributed by atoms with Crippen LogP contribution in [0.3, 0.4) is 0 Å². The Morgan fingerprint density at radius 3 is 1.92 bits per heavy atom. The van der Waals surface area contributed by atoms with E-state index in [0.717, 1.165) is 0 Å². The molecule has 13 heavy (non-hydrogen) atoms. The monoisotopic (exact) mass is 228 g/mol. The Hall–Kier alpha value is -1.04. The molecule has 74 valence electrons. The van der Waals surface area contributed by atoms with E-state index >= 15 is 0 Å². The van der Waals surface area contributed by atoms with Crippen LogP contribution in [0.2, 0.25) is 0 Å². The number of sulfonamides is 1. The lowest BCUT2D eigenvalue weighted by molar-refractivity contribution is 0.475. The van der Waals surface area contributed by atoms with Gasteiger partial charge in [0.05, 0.1) is 0 Å². The van der Waals surface area contributed by atoms with E-state index in [0.29, 0.717) is 0 Å². The molecule has 0 aliphatic rings. The van der Waals surface area contributed by atoms with E-state index in [1.165, 1.54) is 0 Å². The molecule has 0 amide bonds. The Kier molecular flexibility index (Phi) is 2.11. The summed E-state index contributed by atoms with van der Waals surface area (Å²) in [4.78, 5) is 0. The highest BCUT2D eigenvalue weighted by molar-refractivity contribution is 7.90. The molecule has 0 unspecified atom stereocenters. The molecule has 0 atom stereocenters. The molecule has 4 N–H and O–H groups in total. The second kappa shape index (κ2) is 2.73. The Bertz CT molecular complexity index is 464. The summed E-state index contributed by atoms with van der Waals surface area (Å²) < 4.78 is 50.7. The van der Waals surface area contributed by atoms with Crippen LogP contribution in [0.15, 0.2) is 10.1 Å². The van der Waals surface area contributed by atoms with Gasteiger partial charge in [0.15, 0.2) is 0 Å². The predicted molar refractivity (Wildman–Crippen MR) is 37.6 cm³/mol. The van der Waals surface area contributed by atoms with Crippen molar-refractivity contribution in [3.63, 3.8) is 0 Å². The Morgan fingerprint density at radius 2 is 1.62 bits per heavy atom. The van der Waals surface area contributed by atoms with E-state index in [4.69, 9.17) is 4.55 Å². The Balaban J connectivity index is 3.54. The molecule has 0 fully saturated rings. The first-order chi connectivity index (χ1) is 5.73. The standard InChI is InChI=1S/C2H4N4O5S2/c3-12(7,8)1-2(5-6-4-1)13(9,10)11/h(H2,3,7,8)(H,4,5,6)(H,9,10,11). The van der Waals surface area contributed by atoms with E-state index in [1.807, 2.05) is 0 Å². The summed E-state index contributed by atoms with van der Waals surface area (Å²) in [5.74, 6) is 0. The highest BCUT2D eigenvalue weighted by Gasteiger charge is 2.27. The SMILES string of the molecule is NS(=O)(=O)c1n[nH]nc1S(=O)(=O)O. The number of aromatic amines is 1. The zero-order valence-electron chi connectivity index (χ0n) is 5.87. The average Bonchev–Trinajstić information content (AvgIpc) is 2.27. The molecule has 11 heteroatoms. The van der Waals surface area contributed by atoms with Crippen LogP contribution >= 0.6 is 0 Å². The number of nitrogens with zero attached hydrogens (tertiary/aromatic N) is 2. The van der Waals surface area contributed by atoms with Gasteiger partial charge >= 0.3 is 10.1 Å². The molecule has 1 heterocycles. The van der Waals surface area contributed by atoms with Crippen molar-refractivity contribution in [1.29, 1.82) is 0 Å². The maximum absolute atomic E-state index is 10.6. The van der Waals surface area contributed by atoms with Crippen molar-refractivity contribution in [3.05, 3.63) is 0 Å². The van der Waals surface area contributed by atoms with Crippen molar-refractivity contribution in [1.82, 2.24) is 15.4 Å². The fourth-order valence-corrected chi connectivity index (χ4v) is 2.11.